The summed E-state index contributed by atoms with van der Waals surface area (Å²) in [5.74, 6) is -0.278. The number of aryl methyl sites for hydroxylation is 1. The number of carbonyl (C=O) groups is 1. The Hall–Kier alpha value is -2.74. The molecule has 9 heteroatoms. The van der Waals surface area contributed by atoms with Crippen LogP contribution < -0.4 is 10.9 Å². The number of aromatic nitrogens is 3. The van der Waals surface area contributed by atoms with Crippen molar-refractivity contribution in [2.24, 2.45) is 7.05 Å². The van der Waals surface area contributed by atoms with Crippen LogP contribution in [0.2, 0.25) is 10.0 Å². The molecule has 29 heavy (non-hydrogen) atoms. The number of nitrogens with zero attached hydrogens (tertiary/aromatic N) is 3. The van der Waals surface area contributed by atoms with Gasteiger partial charge in [-0.25, -0.2) is 9.67 Å². The van der Waals surface area contributed by atoms with Crippen molar-refractivity contribution in [1.82, 2.24) is 14.8 Å². The maximum absolute atomic E-state index is 12.6. The first-order valence-electron chi connectivity index (χ1n) is 8.58. The number of carbonyl (C=O) groups excluding carboxylic acids is 1. The minimum Gasteiger partial charge on any atom is -0.302 e. The Morgan fingerprint density at radius 1 is 1.17 bits per heavy atom. The summed E-state index contributed by atoms with van der Waals surface area (Å²) >= 11 is 13.5. The average molecular weight is 445 g/mol. The predicted molar refractivity (Wildman–Crippen MR) is 117 cm³/mol. The second-order valence-corrected chi connectivity index (χ2v) is 8.01. The molecule has 0 atom stereocenters. The van der Waals surface area contributed by atoms with E-state index in [-0.39, 0.29) is 17.9 Å². The smallest absolute Gasteiger partial charge is 0.274 e. The first-order valence-corrected chi connectivity index (χ1v) is 10.2. The van der Waals surface area contributed by atoms with Gasteiger partial charge in [0.1, 0.15) is 0 Å². The van der Waals surface area contributed by atoms with Gasteiger partial charge in [0.15, 0.2) is 5.13 Å². The molecule has 0 saturated heterocycles. The van der Waals surface area contributed by atoms with E-state index in [0.29, 0.717) is 42.9 Å². The van der Waals surface area contributed by atoms with Gasteiger partial charge >= 0.3 is 0 Å². The third-order valence-electron chi connectivity index (χ3n) is 4.32. The van der Waals surface area contributed by atoms with Crippen LogP contribution in [0, 0.1) is 0 Å². The molecular formula is C20H14Cl2N4O2S. The lowest BCUT2D eigenvalue weighted by molar-refractivity contribution is -0.115. The molecule has 4 aromatic rings. The lowest BCUT2D eigenvalue weighted by Crippen LogP contribution is -2.24. The lowest BCUT2D eigenvalue weighted by Gasteiger charge is -2.07. The number of nitrogens with one attached hydrogen (secondary N) is 1. The minimum atomic E-state index is -0.278. The zero-order chi connectivity index (χ0) is 20.5. The van der Waals surface area contributed by atoms with Gasteiger partial charge in [-0.2, -0.15) is 5.10 Å². The van der Waals surface area contributed by atoms with Gasteiger partial charge in [-0.05, 0) is 24.3 Å². The minimum absolute atomic E-state index is 0.0153. The van der Waals surface area contributed by atoms with E-state index >= 15 is 0 Å². The summed E-state index contributed by atoms with van der Waals surface area (Å²) < 4.78 is 1.24. The highest BCUT2D eigenvalue weighted by molar-refractivity contribution is 7.14. The van der Waals surface area contributed by atoms with Gasteiger partial charge in [0, 0.05) is 28.4 Å². The van der Waals surface area contributed by atoms with Crippen LogP contribution in [0.3, 0.4) is 0 Å². The van der Waals surface area contributed by atoms with Crippen molar-refractivity contribution in [1.29, 1.82) is 0 Å². The SMILES string of the molecule is Cn1nc(CC(=O)Nc2nc(-c3cc(Cl)ccc3Cl)cs2)c2ccccc2c1=O. The third kappa shape index (κ3) is 4.03. The highest BCUT2D eigenvalue weighted by Crippen LogP contribution is 2.32. The van der Waals surface area contributed by atoms with Crippen LogP contribution in [-0.2, 0) is 18.3 Å². The summed E-state index contributed by atoms with van der Waals surface area (Å²) in [6.45, 7) is 0. The monoisotopic (exact) mass is 444 g/mol. The van der Waals surface area contributed by atoms with Gasteiger partial charge < -0.3 is 5.32 Å². The highest BCUT2D eigenvalue weighted by Gasteiger charge is 2.15. The summed E-state index contributed by atoms with van der Waals surface area (Å²) in [6, 6.07) is 12.2. The largest absolute Gasteiger partial charge is 0.302 e. The van der Waals surface area contributed by atoms with Crippen LogP contribution in [0.15, 0.2) is 52.6 Å². The van der Waals surface area contributed by atoms with Gasteiger partial charge in [-0.3, -0.25) is 9.59 Å². The van der Waals surface area contributed by atoms with Crippen LogP contribution in [0.4, 0.5) is 5.13 Å². The molecule has 1 amide bonds. The standard InChI is InChI=1S/C20H14Cl2N4O2S/c1-26-19(28)13-5-3-2-4-12(13)16(25-26)9-18(27)24-20-23-17(10-29-20)14-8-11(21)6-7-15(14)22/h2-8,10H,9H2,1H3,(H,23,24,27). The van der Waals surface area contributed by atoms with E-state index in [1.54, 1.807) is 48.8 Å². The lowest BCUT2D eigenvalue weighted by atomic mass is 10.1. The molecule has 0 radical (unpaired) electrons. The van der Waals surface area contributed by atoms with Gasteiger partial charge in [0.25, 0.3) is 5.56 Å². The summed E-state index contributed by atoms with van der Waals surface area (Å²) in [7, 11) is 1.57. The second kappa shape index (κ2) is 7.94. The van der Waals surface area contributed by atoms with Gasteiger partial charge in [0.2, 0.25) is 5.91 Å². The van der Waals surface area contributed by atoms with Crippen LogP contribution in [0.5, 0.6) is 0 Å². The van der Waals surface area contributed by atoms with Crippen molar-refractivity contribution in [3.05, 3.63) is 73.9 Å². The molecule has 0 aliphatic rings. The number of thiazole rings is 1. The number of benzene rings is 2. The maximum atomic E-state index is 12.6. The maximum Gasteiger partial charge on any atom is 0.274 e. The zero-order valence-electron chi connectivity index (χ0n) is 15.1. The fraction of sp³-hybridized carbons (Fsp3) is 0.100. The van der Waals surface area contributed by atoms with Crippen molar-refractivity contribution in [2.75, 3.05) is 5.32 Å². The average Bonchev–Trinajstić information content (AvgIpc) is 3.16. The van der Waals surface area contributed by atoms with Crippen molar-refractivity contribution < 1.29 is 4.79 Å². The molecule has 0 spiro atoms. The Morgan fingerprint density at radius 2 is 1.93 bits per heavy atom. The number of hydrogen-bond donors (Lipinski definition) is 1. The van der Waals surface area contributed by atoms with Gasteiger partial charge in [-0.1, -0.05) is 41.4 Å². The molecule has 2 aromatic heterocycles. The van der Waals surface area contributed by atoms with E-state index in [2.05, 4.69) is 15.4 Å². The Bertz CT molecular complexity index is 1300. The molecule has 0 aliphatic carbocycles. The fourth-order valence-corrected chi connectivity index (χ4v) is 4.08. The van der Waals surface area contributed by atoms with Crippen LogP contribution in [0.1, 0.15) is 5.69 Å². The van der Waals surface area contributed by atoms with E-state index in [0.717, 1.165) is 0 Å². The molecule has 0 saturated carbocycles. The van der Waals surface area contributed by atoms with Crippen molar-refractivity contribution in [2.45, 2.75) is 6.42 Å². The summed E-state index contributed by atoms with van der Waals surface area (Å²) in [5.41, 5.74) is 1.65. The molecule has 0 bridgehead atoms. The van der Waals surface area contributed by atoms with E-state index in [4.69, 9.17) is 23.2 Å². The molecular weight excluding hydrogens is 431 g/mol. The molecule has 0 aliphatic heterocycles. The second-order valence-electron chi connectivity index (χ2n) is 6.31. The summed E-state index contributed by atoms with van der Waals surface area (Å²) in [6.07, 6.45) is 0.0153. The first-order chi connectivity index (χ1) is 13.9. The van der Waals surface area contributed by atoms with Crippen LogP contribution >= 0.6 is 34.5 Å². The predicted octanol–water partition coefficient (Wildman–Crippen LogP) is 4.55. The van der Waals surface area contributed by atoms with Gasteiger partial charge in [0.05, 0.1) is 28.2 Å². The molecule has 6 nitrogen and oxygen atoms in total. The molecule has 146 valence electrons. The normalized spacial score (nSPS) is 11.0. The summed E-state index contributed by atoms with van der Waals surface area (Å²) in [5, 5.41) is 11.5. The molecule has 2 aromatic carbocycles. The quantitative estimate of drug-likeness (QED) is 0.500. The molecule has 2 heterocycles. The summed E-state index contributed by atoms with van der Waals surface area (Å²) in [4.78, 5) is 29.2. The zero-order valence-corrected chi connectivity index (χ0v) is 17.5. The van der Waals surface area contributed by atoms with E-state index in [1.165, 1.54) is 16.0 Å². The fourth-order valence-electron chi connectivity index (χ4n) is 2.97. The number of rotatable bonds is 4. The van der Waals surface area contributed by atoms with E-state index < -0.39 is 0 Å². The number of fused-ring (bicyclic) bond motifs is 1. The van der Waals surface area contributed by atoms with Gasteiger partial charge in [-0.15, -0.1) is 11.3 Å². The Balaban J connectivity index is 1.57. The van der Waals surface area contributed by atoms with Crippen molar-refractivity contribution in [3.8, 4) is 11.3 Å². The van der Waals surface area contributed by atoms with Crippen molar-refractivity contribution >= 4 is 56.3 Å². The molecule has 0 fully saturated rings. The molecule has 4 rings (SSSR count). The number of hydrogen-bond acceptors (Lipinski definition) is 5. The van der Waals surface area contributed by atoms with E-state index in [9.17, 15) is 9.59 Å². The highest BCUT2D eigenvalue weighted by atomic mass is 35.5. The molecule has 0 unspecified atom stereocenters. The number of halogens is 2. The topological polar surface area (TPSA) is 76.9 Å². The Morgan fingerprint density at radius 3 is 2.72 bits per heavy atom. The third-order valence-corrected chi connectivity index (χ3v) is 5.64. The number of amides is 1. The van der Waals surface area contributed by atoms with Crippen LogP contribution in [0.25, 0.3) is 22.0 Å². The van der Waals surface area contributed by atoms with E-state index in [1.807, 2.05) is 6.07 Å². The number of anilines is 1. The van der Waals surface area contributed by atoms with Crippen LogP contribution in [-0.4, -0.2) is 20.7 Å². The molecule has 1 N–H and O–H groups in total. The Kier molecular flexibility index (Phi) is 5.36. The Labute approximate surface area is 179 Å². The van der Waals surface area contributed by atoms with Crippen molar-refractivity contribution in [3.63, 3.8) is 0 Å². The first kappa shape index (κ1) is 19.6.